The molecular formula is C18H12F3N3O2S2. The molecule has 0 spiro atoms. The molecule has 2 aromatic heterocycles. The van der Waals surface area contributed by atoms with Gasteiger partial charge in [0.2, 0.25) is 0 Å². The predicted molar refractivity (Wildman–Crippen MR) is 103 cm³/mol. The SMILES string of the molecule is O=C(Nc1cccc(NC(=O)c2cccnc2SC(F)(F)F)c1)c1cccs1. The highest BCUT2D eigenvalue weighted by molar-refractivity contribution is 8.00. The van der Waals surface area contributed by atoms with Gasteiger partial charge in [-0.2, -0.15) is 13.2 Å². The van der Waals surface area contributed by atoms with E-state index in [1.54, 1.807) is 35.7 Å². The second-order valence-corrected chi connectivity index (χ2v) is 7.37. The van der Waals surface area contributed by atoms with Gasteiger partial charge in [0.25, 0.3) is 11.8 Å². The number of carbonyl (C=O) groups excluding carboxylic acids is 2. The molecule has 10 heteroatoms. The van der Waals surface area contributed by atoms with Gasteiger partial charge in [0.05, 0.1) is 10.4 Å². The quantitative estimate of drug-likeness (QED) is 0.549. The van der Waals surface area contributed by atoms with Crippen molar-refractivity contribution in [1.82, 2.24) is 4.98 Å². The van der Waals surface area contributed by atoms with Crippen molar-refractivity contribution in [1.29, 1.82) is 0 Å². The lowest BCUT2D eigenvalue weighted by atomic mass is 10.2. The third-order valence-corrected chi connectivity index (χ3v) is 4.97. The Morgan fingerprint density at radius 2 is 1.68 bits per heavy atom. The second kappa shape index (κ2) is 8.44. The van der Waals surface area contributed by atoms with Crippen LogP contribution in [0.15, 0.2) is 65.1 Å². The zero-order valence-electron chi connectivity index (χ0n) is 14.0. The van der Waals surface area contributed by atoms with Crippen molar-refractivity contribution in [3.05, 3.63) is 70.5 Å². The van der Waals surface area contributed by atoms with E-state index in [-0.39, 0.29) is 11.5 Å². The minimum atomic E-state index is -4.56. The predicted octanol–water partition coefficient (Wildman–Crippen LogP) is 5.26. The summed E-state index contributed by atoms with van der Waals surface area (Å²) in [5.41, 5.74) is -4.00. The monoisotopic (exact) mass is 423 g/mol. The van der Waals surface area contributed by atoms with Crippen molar-refractivity contribution in [2.75, 3.05) is 10.6 Å². The molecule has 2 heterocycles. The molecule has 0 saturated carbocycles. The fraction of sp³-hybridized carbons (Fsp3) is 0.0556. The number of hydrogen-bond acceptors (Lipinski definition) is 5. The summed E-state index contributed by atoms with van der Waals surface area (Å²) in [6.07, 6.45) is 1.19. The third-order valence-electron chi connectivity index (χ3n) is 3.35. The molecule has 0 bridgehead atoms. The maximum absolute atomic E-state index is 12.7. The van der Waals surface area contributed by atoms with E-state index in [0.29, 0.717) is 16.3 Å². The topological polar surface area (TPSA) is 71.1 Å². The van der Waals surface area contributed by atoms with Gasteiger partial charge in [0, 0.05) is 29.3 Å². The molecule has 1 aromatic carbocycles. The van der Waals surface area contributed by atoms with Crippen LogP contribution in [0.25, 0.3) is 0 Å². The van der Waals surface area contributed by atoms with Gasteiger partial charge >= 0.3 is 5.51 Å². The van der Waals surface area contributed by atoms with E-state index in [1.165, 1.54) is 35.7 Å². The van der Waals surface area contributed by atoms with Crippen LogP contribution in [-0.4, -0.2) is 22.3 Å². The number of anilines is 2. The van der Waals surface area contributed by atoms with Crippen molar-refractivity contribution in [2.45, 2.75) is 10.5 Å². The molecule has 144 valence electrons. The van der Waals surface area contributed by atoms with E-state index in [9.17, 15) is 22.8 Å². The summed E-state index contributed by atoms with van der Waals surface area (Å²) in [6.45, 7) is 0. The number of halogens is 3. The standard InChI is InChI=1S/C18H12F3N3O2S2/c19-18(20,21)28-17-13(6-2-8-22-17)15(25)23-11-4-1-5-12(10-11)24-16(26)14-7-3-9-27-14/h1-10H,(H,23,25)(H,24,26). The summed E-state index contributed by atoms with van der Waals surface area (Å²) >= 11 is 0.834. The fourth-order valence-corrected chi connectivity index (χ4v) is 3.45. The van der Waals surface area contributed by atoms with Crippen molar-refractivity contribution in [3.8, 4) is 0 Å². The first kappa shape index (κ1) is 19.9. The number of amides is 2. The van der Waals surface area contributed by atoms with Gasteiger partial charge in [-0.15, -0.1) is 11.3 Å². The fourth-order valence-electron chi connectivity index (χ4n) is 2.23. The lowest BCUT2D eigenvalue weighted by molar-refractivity contribution is -0.0329. The highest BCUT2D eigenvalue weighted by Gasteiger charge is 2.32. The number of rotatable bonds is 5. The average Bonchev–Trinajstić information content (AvgIpc) is 3.16. The Balaban J connectivity index is 1.74. The molecule has 0 unspecified atom stereocenters. The number of hydrogen-bond donors (Lipinski definition) is 2. The van der Waals surface area contributed by atoms with Gasteiger partial charge < -0.3 is 10.6 Å². The number of alkyl halides is 3. The van der Waals surface area contributed by atoms with E-state index in [0.717, 1.165) is 0 Å². The Morgan fingerprint density at radius 3 is 2.32 bits per heavy atom. The summed E-state index contributed by atoms with van der Waals surface area (Å²) in [5.74, 6) is -1.03. The van der Waals surface area contributed by atoms with Crippen LogP contribution in [0.5, 0.6) is 0 Å². The molecule has 0 aliphatic heterocycles. The highest BCUT2D eigenvalue weighted by atomic mass is 32.2. The minimum absolute atomic E-state index is 0.196. The van der Waals surface area contributed by atoms with Crippen LogP contribution in [-0.2, 0) is 0 Å². The lowest BCUT2D eigenvalue weighted by Crippen LogP contribution is -2.15. The molecule has 2 N–H and O–H groups in total. The number of thioether (sulfide) groups is 1. The van der Waals surface area contributed by atoms with Crippen molar-refractivity contribution < 1.29 is 22.8 Å². The molecule has 0 fully saturated rings. The Hall–Kier alpha value is -2.85. The van der Waals surface area contributed by atoms with E-state index in [4.69, 9.17) is 0 Å². The van der Waals surface area contributed by atoms with E-state index < -0.39 is 28.2 Å². The third kappa shape index (κ3) is 5.33. The molecular weight excluding hydrogens is 411 g/mol. The summed E-state index contributed by atoms with van der Waals surface area (Å²) < 4.78 is 38.0. The normalized spacial score (nSPS) is 11.1. The van der Waals surface area contributed by atoms with Crippen LogP contribution in [0.1, 0.15) is 20.0 Å². The number of nitrogens with zero attached hydrogens (tertiary/aromatic N) is 1. The summed E-state index contributed by atoms with van der Waals surface area (Å²) in [7, 11) is 0. The number of thiophene rings is 1. The van der Waals surface area contributed by atoms with Gasteiger partial charge in [-0.25, -0.2) is 4.98 Å². The molecule has 2 amide bonds. The summed E-state index contributed by atoms with van der Waals surface area (Å²) in [5, 5.41) is 6.56. The van der Waals surface area contributed by atoms with Crippen LogP contribution >= 0.6 is 23.1 Å². The van der Waals surface area contributed by atoms with Crippen LogP contribution in [0.3, 0.4) is 0 Å². The molecule has 3 rings (SSSR count). The lowest BCUT2D eigenvalue weighted by Gasteiger charge is -2.11. The molecule has 0 aliphatic carbocycles. The molecule has 5 nitrogen and oxygen atoms in total. The van der Waals surface area contributed by atoms with Gasteiger partial charge in [-0.1, -0.05) is 12.1 Å². The Kier molecular flexibility index (Phi) is 6.00. The zero-order chi connectivity index (χ0) is 20.1. The van der Waals surface area contributed by atoms with E-state index in [1.807, 2.05) is 0 Å². The zero-order valence-corrected chi connectivity index (χ0v) is 15.6. The number of pyridine rings is 1. The number of aromatic nitrogens is 1. The second-order valence-electron chi connectivity index (χ2n) is 5.37. The number of carbonyl (C=O) groups is 2. The molecule has 28 heavy (non-hydrogen) atoms. The molecule has 0 aliphatic rings. The average molecular weight is 423 g/mol. The summed E-state index contributed by atoms with van der Waals surface area (Å²) in [4.78, 5) is 28.7. The van der Waals surface area contributed by atoms with Gasteiger partial charge in [-0.05, 0) is 41.8 Å². The van der Waals surface area contributed by atoms with E-state index >= 15 is 0 Å². The van der Waals surface area contributed by atoms with Crippen LogP contribution in [0.4, 0.5) is 24.5 Å². The first-order valence-corrected chi connectivity index (χ1v) is 9.48. The number of benzene rings is 1. The highest BCUT2D eigenvalue weighted by Crippen LogP contribution is 2.37. The molecule has 0 saturated heterocycles. The smallest absolute Gasteiger partial charge is 0.322 e. The van der Waals surface area contributed by atoms with Crippen molar-refractivity contribution in [2.24, 2.45) is 0 Å². The maximum Gasteiger partial charge on any atom is 0.447 e. The van der Waals surface area contributed by atoms with Crippen molar-refractivity contribution >= 4 is 46.3 Å². The van der Waals surface area contributed by atoms with E-state index in [2.05, 4.69) is 15.6 Å². The molecule has 0 atom stereocenters. The minimum Gasteiger partial charge on any atom is -0.322 e. The first-order valence-electron chi connectivity index (χ1n) is 7.79. The van der Waals surface area contributed by atoms with Crippen LogP contribution in [0, 0.1) is 0 Å². The van der Waals surface area contributed by atoms with Gasteiger partial charge in [0.15, 0.2) is 0 Å². The molecule has 0 radical (unpaired) electrons. The number of nitrogens with one attached hydrogen (secondary N) is 2. The van der Waals surface area contributed by atoms with Gasteiger partial charge in [-0.3, -0.25) is 9.59 Å². The van der Waals surface area contributed by atoms with Crippen molar-refractivity contribution in [3.63, 3.8) is 0 Å². The van der Waals surface area contributed by atoms with Gasteiger partial charge in [0.1, 0.15) is 5.03 Å². The Bertz CT molecular complexity index is 992. The van der Waals surface area contributed by atoms with Crippen LogP contribution in [0.2, 0.25) is 0 Å². The largest absolute Gasteiger partial charge is 0.447 e. The van der Waals surface area contributed by atoms with Crippen LogP contribution < -0.4 is 10.6 Å². The Morgan fingerprint density at radius 1 is 0.964 bits per heavy atom. The maximum atomic E-state index is 12.7. The summed E-state index contributed by atoms with van der Waals surface area (Å²) in [6, 6.07) is 12.4. The first-order chi connectivity index (χ1) is 13.3. The molecule has 3 aromatic rings. The Labute approximate surface area is 166 Å².